The Kier molecular flexibility index (Phi) is 9.12. The van der Waals surface area contributed by atoms with Crippen LogP contribution in [0.15, 0.2) is 60.7 Å². The number of piperazine rings is 1. The number of carbonyl (C=O) groups is 1. The number of hydrogen-bond acceptors (Lipinski definition) is 5. The Morgan fingerprint density at radius 2 is 1.45 bits per heavy atom. The predicted octanol–water partition coefficient (Wildman–Crippen LogP) is 5.52. The van der Waals surface area contributed by atoms with Gasteiger partial charge in [-0.2, -0.15) is 17.5 Å². The second-order valence-electron chi connectivity index (χ2n) is 9.84. The van der Waals surface area contributed by atoms with Crippen molar-refractivity contribution < 1.29 is 39.9 Å². The highest BCUT2D eigenvalue weighted by atomic mass is 35.5. The van der Waals surface area contributed by atoms with Crippen molar-refractivity contribution in [3.63, 3.8) is 0 Å². The molecule has 0 radical (unpaired) electrons. The van der Waals surface area contributed by atoms with E-state index in [0.29, 0.717) is 55.2 Å². The van der Waals surface area contributed by atoms with E-state index >= 15 is 0 Å². The van der Waals surface area contributed by atoms with Gasteiger partial charge in [-0.25, -0.2) is 17.2 Å². The van der Waals surface area contributed by atoms with Gasteiger partial charge in [-0.1, -0.05) is 18.2 Å². The number of carbonyl (C=O) groups excluding carboxylic acids is 1. The summed E-state index contributed by atoms with van der Waals surface area (Å²) >= 11 is 0. The van der Waals surface area contributed by atoms with Gasteiger partial charge in [-0.3, -0.25) is 9.69 Å². The number of halogens is 6. The highest BCUT2D eigenvalue weighted by Crippen LogP contribution is 2.44. The largest absolute Gasteiger partial charge is 0.492 e. The summed E-state index contributed by atoms with van der Waals surface area (Å²) in [4.78, 5) is 15.7. The number of Topliss-reactive ketones (excluding diaryl/α,β-unsaturated/α-hetero) is 1. The molecule has 5 rings (SSSR count). The Labute approximate surface area is 245 Å². The van der Waals surface area contributed by atoms with Gasteiger partial charge in [0.2, 0.25) is 10.0 Å². The zero-order valence-electron chi connectivity index (χ0n) is 22.2. The van der Waals surface area contributed by atoms with E-state index in [1.807, 2.05) is 0 Å². The number of ketones is 1. The molecule has 6 nitrogen and oxygen atoms in total. The van der Waals surface area contributed by atoms with Crippen molar-refractivity contribution in [1.29, 1.82) is 0 Å². The predicted molar refractivity (Wildman–Crippen MR) is 150 cm³/mol. The topological polar surface area (TPSA) is 66.9 Å². The van der Waals surface area contributed by atoms with Crippen molar-refractivity contribution in [2.75, 3.05) is 45.6 Å². The van der Waals surface area contributed by atoms with E-state index in [-0.39, 0.29) is 35.7 Å². The summed E-state index contributed by atoms with van der Waals surface area (Å²) in [7, 11) is -3.24. The zero-order chi connectivity index (χ0) is 29.5. The lowest BCUT2D eigenvalue weighted by molar-refractivity contribution is -0.137. The molecule has 224 valence electrons. The number of nitrogens with zero attached hydrogens (tertiary/aromatic N) is 2. The van der Waals surface area contributed by atoms with Gasteiger partial charge in [-0.05, 0) is 59.2 Å². The molecule has 3 aromatic carbocycles. The number of sulfonamides is 1. The SMILES string of the molecule is CS(=O)(=O)N1CCN(CCOc2ccc3c(c2)C(=O)C(c2ccc(F)c(F)c2)=C3c2ccc(C(F)(F)F)cc2)CC1.Cl. The Bertz CT molecular complexity index is 1630. The first-order valence-electron chi connectivity index (χ1n) is 12.7. The van der Waals surface area contributed by atoms with E-state index in [2.05, 4.69) is 4.90 Å². The lowest BCUT2D eigenvalue weighted by Crippen LogP contribution is -2.49. The lowest BCUT2D eigenvalue weighted by atomic mass is 9.93. The van der Waals surface area contributed by atoms with Crippen LogP contribution in [0.2, 0.25) is 0 Å². The third-order valence-electron chi connectivity index (χ3n) is 7.17. The Morgan fingerprint density at radius 1 is 0.810 bits per heavy atom. The number of rotatable bonds is 7. The molecule has 0 atom stereocenters. The van der Waals surface area contributed by atoms with E-state index in [1.165, 1.54) is 34.8 Å². The van der Waals surface area contributed by atoms with E-state index in [1.54, 1.807) is 12.1 Å². The molecule has 0 spiro atoms. The summed E-state index contributed by atoms with van der Waals surface area (Å²) in [6.45, 7) is 2.67. The van der Waals surface area contributed by atoms with Gasteiger partial charge in [0.25, 0.3) is 0 Å². The number of hydrogen-bond donors (Lipinski definition) is 0. The first-order chi connectivity index (χ1) is 19.3. The van der Waals surface area contributed by atoms with Gasteiger partial charge in [0.05, 0.1) is 11.8 Å². The van der Waals surface area contributed by atoms with E-state index in [4.69, 9.17) is 4.74 Å². The van der Waals surface area contributed by atoms with Crippen LogP contribution >= 0.6 is 12.4 Å². The molecule has 0 aromatic heterocycles. The monoisotopic (exact) mass is 628 g/mol. The summed E-state index contributed by atoms with van der Waals surface area (Å²) < 4.78 is 98.0. The molecule has 0 saturated carbocycles. The minimum Gasteiger partial charge on any atom is -0.492 e. The summed E-state index contributed by atoms with van der Waals surface area (Å²) in [6.07, 6.45) is -3.37. The molecular formula is C29H26ClF5N2O4S. The summed E-state index contributed by atoms with van der Waals surface area (Å²) in [6, 6.07) is 12.1. The van der Waals surface area contributed by atoms with Crippen molar-refractivity contribution in [3.05, 3.63) is 100 Å². The highest BCUT2D eigenvalue weighted by molar-refractivity contribution is 7.88. The van der Waals surface area contributed by atoms with Crippen molar-refractivity contribution in [2.24, 2.45) is 0 Å². The van der Waals surface area contributed by atoms with Crippen LogP contribution in [0.1, 0.15) is 32.6 Å². The molecule has 3 aromatic rings. The van der Waals surface area contributed by atoms with Crippen LogP contribution < -0.4 is 4.74 Å². The molecule has 0 N–H and O–H groups in total. The Balaban J connectivity index is 0.00000405. The van der Waals surface area contributed by atoms with Crippen LogP contribution in [0.25, 0.3) is 11.1 Å². The molecular weight excluding hydrogens is 603 g/mol. The van der Waals surface area contributed by atoms with Crippen molar-refractivity contribution in [1.82, 2.24) is 9.21 Å². The van der Waals surface area contributed by atoms with Crippen LogP contribution in [-0.2, 0) is 16.2 Å². The first-order valence-corrected chi connectivity index (χ1v) is 14.5. The third-order valence-corrected chi connectivity index (χ3v) is 8.47. The molecule has 0 amide bonds. The number of ether oxygens (including phenoxy) is 1. The molecule has 1 aliphatic carbocycles. The number of allylic oxidation sites excluding steroid dienone is 1. The normalized spacial score (nSPS) is 16.4. The number of alkyl halides is 3. The van der Waals surface area contributed by atoms with Gasteiger partial charge >= 0.3 is 6.18 Å². The smallest absolute Gasteiger partial charge is 0.416 e. The maximum absolute atomic E-state index is 14.1. The quantitative estimate of drug-likeness (QED) is 0.323. The van der Waals surface area contributed by atoms with Crippen LogP contribution in [0.4, 0.5) is 22.0 Å². The van der Waals surface area contributed by atoms with Gasteiger partial charge < -0.3 is 4.74 Å². The number of benzene rings is 3. The second-order valence-corrected chi connectivity index (χ2v) is 11.8. The standard InChI is InChI=1S/C29H25F5N2O4S.ClH/c1-41(38,39)36-12-10-35(11-13-36)14-15-40-21-7-8-22-23(17-21)28(37)27(19-4-9-24(30)25(31)16-19)26(22)18-2-5-20(6-3-18)29(32,33)34;/h2-9,16-17H,10-15H2,1H3;1H. The summed E-state index contributed by atoms with van der Waals surface area (Å²) in [5.41, 5.74) is 0.543. The van der Waals surface area contributed by atoms with Crippen LogP contribution in [0.3, 0.4) is 0 Å². The number of fused-ring (bicyclic) bond motifs is 1. The van der Waals surface area contributed by atoms with Gasteiger partial charge in [0.1, 0.15) is 12.4 Å². The molecule has 1 fully saturated rings. The molecule has 13 heteroatoms. The Hall–Kier alpha value is -3.32. The maximum Gasteiger partial charge on any atom is 0.416 e. The third kappa shape index (κ3) is 6.51. The van der Waals surface area contributed by atoms with Crippen molar-refractivity contribution in [3.8, 4) is 5.75 Å². The fraction of sp³-hybridized carbons (Fsp3) is 0.276. The molecule has 2 aliphatic rings. The first kappa shape index (κ1) is 31.6. The molecule has 1 aliphatic heterocycles. The zero-order valence-corrected chi connectivity index (χ0v) is 23.9. The lowest BCUT2D eigenvalue weighted by Gasteiger charge is -2.33. The molecule has 0 unspecified atom stereocenters. The second kappa shape index (κ2) is 12.1. The van der Waals surface area contributed by atoms with Crippen LogP contribution in [0.5, 0.6) is 5.75 Å². The van der Waals surface area contributed by atoms with Crippen molar-refractivity contribution >= 4 is 39.4 Å². The fourth-order valence-electron chi connectivity index (χ4n) is 5.03. The fourth-order valence-corrected chi connectivity index (χ4v) is 5.86. The summed E-state index contributed by atoms with van der Waals surface area (Å²) in [5.74, 6) is -2.37. The van der Waals surface area contributed by atoms with Gasteiger partial charge in [-0.15, -0.1) is 12.4 Å². The van der Waals surface area contributed by atoms with Crippen molar-refractivity contribution in [2.45, 2.75) is 6.18 Å². The molecule has 0 bridgehead atoms. The molecule has 42 heavy (non-hydrogen) atoms. The van der Waals surface area contributed by atoms with Gasteiger partial charge in [0.15, 0.2) is 17.4 Å². The average molecular weight is 629 g/mol. The minimum absolute atomic E-state index is 0. The molecule has 1 heterocycles. The van der Waals surface area contributed by atoms with Crippen LogP contribution in [-0.4, -0.2) is 69.0 Å². The highest BCUT2D eigenvalue weighted by Gasteiger charge is 2.34. The van der Waals surface area contributed by atoms with E-state index in [9.17, 15) is 35.2 Å². The van der Waals surface area contributed by atoms with Gasteiger partial charge in [0, 0.05) is 49.4 Å². The Morgan fingerprint density at radius 3 is 2.05 bits per heavy atom. The summed E-state index contributed by atoms with van der Waals surface area (Å²) in [5, 5.41) is 0. The van der Waals surface area contributed by atoms with E-state index in [0.717, 1.165) is 24.3 Å². The average Bonchev–Trinajstić information content (AvgIpc) is 3.21. The minimum atomic E-state index is -4.55. The maximum atomic E-state index is 14.1. The molecule has 1 saturated heterocycles. The van der Waals surface area contributed by atoms with Crippen LogP contribution in [0, 0.1) is 11.6 Å². The van der Waals surface area contributed by atoms with E-state index < -0.39 is 39.2 Å².